The van der Waals surface area contributed by atoms with Crippen molar-refractivity contribution in [1.82, 2.24) is 0 Å². The van der Waals surface area contributed by atoms with Crippen molar-refractivity contribution in [2.24, 2.45) is 0 Å². The summed E-state index contributed by atoms with van der Waals surface area (Å²) in [6, 6.07) is 17.9. The second-order valence-electron chi connectivity index (χ2n) is 5.37. The molecular weight excluding hydrogens is 282 g/mol. The lowest BCUT2D eigenvalue weighted by Gasteiger charge is -2.07. The Morgan fingerprint density at radius 3 is 2.13 bits per heavy atom. The van der Waals surface area contributed by atoms with Crippen molar-refractivity contribution in [1.29, 1.82) is 5.26 Å². The Hall–Kier alpha value is -2.71. The minimum Gasteiger partial charge on any atom is -0.494 e. The van der Waals surface area contributed by atoms with E-state index in [-0.39, 0.29) is 0 Å². The first-order valence-electron chi connectivity index (χ1n) is 8.07. The van der Waals surface area contributed by atoms with Crippen LogP contribution in [0.5, 0.6) is 5.75 Å². The summed E-state index contributed by atoms with van der Waals surface area (Å²) in [6.07, 6.45) is 4.86. The minimum absolute atomic E-state index is 0.783. The number of nitriles is 1. The molecule has 0 aliphatic heterocycles. The Morgan fingerprint density at radius 1 is 0.870 bits per heavy atom. The highest BCUT2D eigenvalue weighted by Crippen LogP contribution is 2.23. The first-order valence-corrected chi connectivity index (χ1v) is 8.07. The van der Waals surface area contributed by atoms with Gasteiger partial charge in [0.15, 0.2) is 6.07 Å². The fraction of sp³-hybridized carbons (Fsp3) is 0.286. The Labute approximate surface area is 138 Å². The maximum Gasteiger partial charge on any atom is 0.152 e. The molecule has 0 radical (unpaired) electrons. The van der Waals surface area contributed by atoms with Gasteiger partial charge in [0.05, 0.1) is 6.61 Å². The molecule has 0 N–H and O–H groups in total. The zero-order valence-electron chi connectivity index (χ0n) is 13.5. The molecule has 2 aromatic carbocycles. The topological polar surface area (TPSA) is 33.0 Å². The van der Waals surface area contributed by atoms with E-state index < -0.39 is 0 Å². The summed E-state index contributed by atoms with van der Waals surface area (Å²) >= 11 is 0. The molecule has 0 spiro atoms. The third-order valence-electron chi connectivity index (χ3n) is 3.60. The van der Waals surface area contributed by atoms with Gasteiger partial charge in [0.25, 0.3) is 0 Å². The molecule has 0 saturated carbocycles. The molecule has 0 unspecified atom stereocenters. The van der Waals surface area contributed by atoms with Crippen LogP contribution in [0.25, 0.3) is 11.1 Å². The van der Waals surface area contributed by atoms with E-state index in [1.807, 2.05) is 42.5 Å². The van der Waals surface area contributed by atoms with Crippen molar-refractivity contribution in [2.45, 2.75) is 32.6 Å². The summed E-state index contributed by atoms with van der Waals surface area (Å²) in [5.41, 5.74) is 3.12. The predicted octanol–water partition coefficient (Wildman–Crippen LogP) is 5.19. The quantitative estimate of drug-likeness (QED) is 0.521. The Balaban J connectivity index is 1.92. The summed E-state index contributed by atoms with van der Waals surface area (Å²) < 4.78 is 5.76. The highest BCUT2D eigenvalue weighted by Gasteiger charge is 1.99. The van der Waals surface area contributed by atoms with Gasteiger partial charge >= 0.3 is 0 Å². The van der Waals surface area contributed by atoms with Crippen LogP contribution in [0.15, 0.2) is 48.5 Å². The standard InChI is InChI=1S/C21H21NO/c1-2-3-4-5-17-23-21-14-12-20(13-15-21)19-10-8-18(9-11-19)7-6-16-22/h8-15H,2-5,17H2,1H3. The van der Waals surface area contributed by atoms with Gasteiger partial charge in [-0.15, -0.1) is 0 Å². The number of rotatable bonds is 7. The van der Waals surface area contributed by atoms with Gasteiger partial charge in [-0.2, -0.15) is 5.26 Å². The largest absolute Gasteiger partial charge is 0.494 e. The van der Waals surface area contributed by atoms with Crippen LogP contribution in [-0.2, 0) is 0 Å². The lowest BCUT2D eigenvalue weighted by molar-refractivity contribution is 0.305. The van der Waals surface area contributed by atoms with Gasteiger partial charge in [-0.1, -0.05) is 56.4 Å². The number of unbranched alkanes of at least 4 members (excludes halogenated alkanes) is 3. The van der Waals surface area contributed by atoms with Gasteiger partial charge < -0.3 is 4.74 Å². The van der Waals surface area contributed by atoms with Gasteiger partial charge in [-0.3, -0.25) is 0 Å². The van der Waals surface area contributed by atoms with E-state index in [1.165, 1.54) is 19.3 Å². The molecule has 2 rings (SSSR count). The minimum atomic E-state index is 0.783. The smallest absolute Gasteiger partial charge is 0.152 e. The average molecular weight is 303 g/mol. The second-order valence-corrected chi connectivity index (χ2v) is 5.37. The van der Waals surface area contributed by atoms with Crippen LogP contribution in [0.4, 0.5) is 0 Å². The molecule has 116 valence electrons. The Kier molecular flexibility index (Phi) is 6.76. The van der Waals surface area contributed by atoms with Crippen LogP contribution in [0.1, 0.15) is 38.2 Å². The van der Waals surface area contributed by atoms with Crippen molar-refractivity contribution >= 4 is 0 Å². The maximum atomic E-state index is 8.45. The Bertz CT molecular complexity index is 697. The highest BCUT2D eigenvalue weighted by atomic mass is 16.5. The predicted molar refractivity (Wildman–Crippen MR) is 94.0 cm³/mol. The summed E-state index contributed by atoms with van der Waals surface area (Å²) in [4.78, 5) is 0. The van der Waals surface area contributed by atoms with Crippen LogP contribution in [0.3, 0.4) is 0 Å². The van der Waals surface area contributed by atoms with Crippen molar-refractivity contribution in [2.75, 3.05) is 6.61 Å². The molecule has 0 aliphatic rings. The third kappa shape index (κ3) is 5.53. The van der Waals surface area contributed by atoms with Crippen molar-refractivity contribution in [3.8, 4) is 34.8 Å². The number of hydrogen-bond acceptors (Lipinski definition) is 2. The normalized spacial score (nSPS) is 9.57. The lowest BCUT2D eigenvalue weighted by Crippen LogP contribution is -1.96. The molecule has 0 aromatic heterocycles. The summed E-state index contributed by atoms with van der Waals surface area (Å²) in [7, 11) is 0. The molecule has 23 heavy (non-hydrogen) atoms. The number of hydrogen-bond donors (Lipinski definition) is 0. The molecule has 2 aromatic rings. The molecule has 0 heterocycles. The number of nitrogens with zero attached hydrogens (tertiary/aromatic N) is 1. The fourth-order valence-electron chi connectivity index (χ4n) is 2.31. The van der Waals surface area contributed by atoms with E-state index in [4.69, 9.17) is 10.00 Å². The van der Waals surface area contributed by atoms with Crippen LogP contribution < -0.4 is 4.74 Å². The van der Waals surface area contributed by atoms with Gasteiger partial charge in [-0.25, -0.2) is 0 Å². The van der Waals surface area contributed by atoms with Crippen LogP contribution in [0, 0.1) is 23.2 Å². The summed E-state index contributed by atoms with van der Waals surface area (Å²) in [5, 5.41) is 8.45. The molecule has 0 saturated heterocycles. The third-order valence-corrected chi connectivity index (χ3v) is 3.60. The zero-order valence-corrected chi connectivity index (χ0v) is 13.5. The van der Waals surface area contributed by atoms with Gasteiger partial charge in [0.2, 0.25) is 0 Å². The molecule has 0 amide bonds. The van der Waals surface area contributed by atoms with E-state index in [2.05, 4.69) is 30.9 Å². The second kappa shape index (κ2) is 9.34. The molecular formula is C21H21NO. The van der Waals surface area contributed by atoms with Crippen molar-refractivity contribution in [3.05, 3.63) is 54.1 Å². The molecule has 0 fully saturated rings. The lowest BCUT2D eigenvalue weighted by atomic mass is 10.0. The summed E-state index contributed by atoms with van der Waals surface area (Å²) in [5.74, 6) is 6.11. The van der Waals surface area contributed by atoms with E-state index in [9.17, 15) is 0 Å². The van der Waals surface area contributed by atoms with Crippen LogP contribution in [-0.4, -0.2) is 6.61 Å². The molecule has 2 heteroatoms. The maximum absolute atomic E-state index is 8.45. The number of ether oxygens (including phenoxy) is 1. The van der Waals surface area contributed by atoms with Crippen molar-refractivity contribution < 1.29 is 4.74 Å². The van der Waals surface area contributed by atoms with Crippen molar-refractivity contribution in [3.63, 3.8) is 0 Å². The first kappa shape index (κ1) is 16.7. The van der Waals surface area contributed by atoms with E-state index in [0.717, 1.165) is 35.5 Å². The van der Waals surface area contributed by atoms with Crippen LogP contribution in [0.2, 0.25) is 0 Å². The van der Waals surface area contributed by atoms with E-state index in [0.29, 0.717) is 0 Å². The summed E-state index contributed by atoms with van der Waals surface area (Å²) in [6.45, 7) is 2.99. The first-order chi connectivity index (χ1) is 11.3. The average Bonchev–Trinajstić information content (AvgIpc) is 2.61. The zero-order chi connectivity index (χ0) is 16.3. The van der Waals surface area contributed by atoms with Gasteiger partial charge in [0.1, 0.15) is 5.75 Å². The number of benzene rings is 2. The molecule has 2 nitrogen and oxygen atoms in total. The van der Waals surface area contributed by atoms with E-state index >= 15 is 0 Å². The van der Waals surface area contributed by atoms with Crippen LogP contribution >= 0.6 is 0 Å². The monoisotopic (exact) mass is 303 g/mol. The molecule has 0 aliphatic carbocycles. The van der Waals surface area contributed by atoms with E-state index in [1.54, 1.807) is 0 Å². The Morgan fingerprint density at radius 2 is 1.52 bits per heavy atom. The fourth-order valence-corrected chi connectivity index (χ4v) is 2.31. The molecule has 0 bridgehead atoms. The highest BCUT2D eigenvalue weighted by molar-refractivity contribution is 5.65. The molecule has 0 atom stereocenters. The SMILES string of the molecule is CCCCCCOc1ccc(-c2ccc(C#CC#N)cc2)cc1. The van der Waals surface area contributed by atoms with Gasteiger partial charge in [0, 0.05) is 11.5 Å². The van der Waals surface area contributed by atoms with Gasteiger partial charge in [-0.05, 0) is 41.8 Å².